The van der Waals surface area contributed by atoms with Gasteiger partial charge in [-0.3, -0.25) is 9.36 Å². The zero-order valence-corrected chi connectivity index (χ0v) is 14.3. The molecule has 0 aliphatic rings. The van der Waals surface area contributed by atoms with Crippen molar-refractivity contribution < 1.29 is 4.42 Å². The molecular weight excluding hydrogens is 342 g/mol. The van der Waals surface area contributed by atoms with Crippen LogP contribution in [0.3, 0.4) is 0 Å². The molecule has 0 aliphatic heterocycles. The minimum atomic E-state index is -0.167. The van der Waals surface area contributed by atoms with Crippen molar-refractivity contribution >= 4 is 17.2 Å². The fourth-order valence-electron chi connectivity index (χ4n) is 2.85. The van der Waals surface area contributed by atoms with Gasteiger partial charge in [0.15, 0.2) is 5.76 Å². The van der Waals surface area contributed by atoms with Crippen LogP contribution in [-0.4, -0.2) is 9.55 Å². The summed E-state index contributed by atoms with van der Waals surface area (Å²) in [6, 6.07) is 15.5. The van der Waals surface area contributed by atoms with Crippen LogP contribution in [0.2, 0.25) is 0 Å². The van der Waals surface area contributed by atoms with Crippen LogP contribution in [0.1, 0.15) is 0 Å². The number of benzene rings is 1. The van der Waals surface area contributed by atoms with Gasteiger partial charge in [0.1, 0.15) is 11.5 Å². The Morgan fingerprint density at radius 2 is 1.74 bits per heavy atom. The summed E-state index contributed by atoms with van der Waals surface area (Å²) in [6.07, 6.45) is 3.29. The molecule has 0 unspecified atom stereocenters. The number of aromatic nitrogens is 2. The number of pyridine rings is 2. The monoisotopic (exact) mass is 359 g/mol. The van der Waals surface area contributed by atoms with Crippen molar-refractivity contribution in [1.82, 2.24) is 9.55 Å². The number of furan rings is 1. The normalized spacial score (nSPS) is 10.8. The lowest BCUT2D eigenvalue weighted by atomic mass is 10.0. The van der Waals surface area contributed by atoms with Crippen molar-refractivity contribution in [2.45, 2.75) is 0 Å². The number of hydrogen-bond acceptors (Lipinski definition) is 6. The molecule has 1 aromatic carbocycles. The molecule has 0 radical (unpaired) electrons. The molecule has 7 heteroatoms. The molecule has 7 nitrogen and oxygen atoms in total. The minimum Gasteiger partial charge on any atom is -0.463 e. The van der Waals surface area contributed by atoms with Crippen LogP contribution < -0.4 is 22.8 Å². The summed E-state index contributed by atoms with van der Waals surface area (Å²) in [5, 5.41) is 0. The molecule has 0 atom stereocenters. The zero-order valence-electron chi connectivity index (χ0n) is 14.3. The van der Waals surface area contributed by atoms with E-state index in [9.17, 15) is 4.79 Å². The largest absolute Gasteiger partial charge is 0.463 e. The van der Waals surface area contributed by atoms with Gasteiger partial charge in [0, 0.05) is 34.8 Å². The molecule has 4 rings (SSSR count). The minimum absolute atomic E-state index is 0.167. The molecule has 27 heavy (non-hydrogen) atoms. The third-order valence-corrected chi connectivity index (χ3v) is 4.23. The molecule has 3 aromatic heterocycles. The highest BCUT2D eigenvalue weighted by atomic mass is 16.3. The Balaban J connectivity index is 1.92. The lowest BCUT2D eigenvalue weighted by Gasteiger charge is -2.13. The van der Waals surface area contributed by atoms with E-state index in [1.54, 1.807) is 61.0 Å². The Bertz CT molecular complexity index is 1160. The van der Waals surface area contributed by atoms with E-state index in [1.807, 2.05) is 0 Å². The van der Waals surface area contributed by atoms with E-state index in [0.29, 0.717) is 34.1 Å². The molecule has 4 aromatic rings. The summed E-state index contributed by atoms with van der Waals surface area (Å²) in [4.78, 5) is 16.8. The van der Waals surface area contributed by atoms with E-state index >= 15 is 0 Å². The summed E-state index contributed by atoms with van der Waals surface area (Å²) in [5.74, 6) is 0.777. The van der Waals surface area contributed by atoms with Gasteiger partial charge in [-0.15, -0.1) is 0 Å². The van der Waals surface area contributed by atoms with Crippen molar-refractivity contribution in [2.75, 3.05) is 17.2 Å². The third-order valence-electron chi connectivity index (χ3n) is 4.23. The quantitative estimate of drug-likeness (QED) is 0.483. The number of rotatable bonds is 3. The maximum absolute atomic E-state index is 12.4. The van der Waals surface area contributed by atoms with Crippen LogP contribution in [0.15, 0.2) is 76.3 Å². The smallest absolute Gasteiger partial charge is 0.255 e. The third kappa shape index (κ3) is 3.02. The van der Waals surface area contributed by atoms with Crippen molar-refractivity contribution in [1.29, 1.82) is 0 Å². The number of hydrogen-bond donors (Lipinski definition) is 3. The average Bonchev–Trinajstić information content (AvgIpc) is 3.19. The Labute approximate surface area is 154 Å². The highest BCUT2D eigenvalue weighted by molar-refractivity contribution is 5.83. The highest BCUT2D eigenvalue weighted by Gasteiger charge is 2.15. The maximum Gasteiger partial charge on any atom is 0.255 e. The lowest BCUT2D eigenvalue weighted by Crippen LogP contribution is -2.16. The van der Waals surface area contributed by atoms with Crippen molar-refractivity contribution in [3.63, 3.8) is 0 Å². The van der Waals surface area contributed by atoms with Gasteiger partial charge in [-0.25, -0.2) is 4.98 Å². The van der Waals surface area contributed by atoms with Gasteiger partial charge in [0.25, 0.3) is 5.56 Å². The second-order valence-corrected chi connectivity index (χ2v) is 6.05. The van der Waals surface area contributed by atoms with Gasteiger partial charge < -0.3 is 21.6 Å². The lowest BCUT2D eigenvalue weighted by molar-refractivity contribution is 0.580. The van der Waals surface area contributed by atoms with Gasteiger partial charge in [0.05, 0.1) is 12.0 Å². The Hall–Kier alpha value is -4.00. The number of nitrogens with two attached hydrogens (primary N) is 3. The second-order valence-electron chi connectivity index (χ2n) is 6.05. The highest BCUT2D eigenvalue weighted by Crippen LogP contribution is 2.34. The van der Waals surface area contributed by atoms with Gasteiger partial charge in [-0.1, -0.05) is 0 Å². The van der Waals surface area contributed by atoms with E-state index in [0.717, 1.165) is 5.56 Å². The van der Waals surface area contributed by atoms with E-state index in [-0.39, 0.29) is 11.4 Å². The number of nitrogens with zero attached hydrogens (tertiary/aromatic N) is 2. The van der Waals surface area contributed by atoms with E-state index in [4.69, 9.17) is 21.6 Å². The fourth-order valence-corrected chi connectivity index (χ4v) is 2.85. The van der Waals surface area contributed by atoms with Gasteiger partial charge in [-0.2, -0.15) is 0 Å². The molecule has 0 saturated carbocycles. The first-order valence-electron chi connectivity index (χ1n) is 8.22. The molecule has 3 heterocycles. The fraction of sp³-hybridized carbons (Fsp3) is 0. The number of nitrogen functional groups attached to an aromatic ring is 3. The average molecular weight is 359 g/mol. The first-order chi connectivity index (χ1) is 13.0. The van der Waals surface area contributed by atoms with E-state index in [1.165, 1.54) is 10.6 Å². The summed E-state index contributed by atoms with van der Waals surface area (Å²) < 4.78 is 7.02. The standard InChI is InChI=1S/C20H17N5O2/c21-13-4-6-14(7-5-13)25-11-12(3-8-18(25)26)15-10-16(22)20(23)24-19(15)17-2-1-9-27-17/h1-11H,21-22H2,(H2,23,24). The van der Waals surface area contributed by atoms with Crippen LogP contribution in [0.4, 0.5) is 17.2 Å². The van der Waals surface area contributed by atoms with Crippen molar-refractivity contribution in [3.8, 4) is 28.3 Å². The molecule has 0 bridgehead atoms. The summed E-state index contributed by atoms with van der Waals surface area (Å²) >= 11 is 0. The SMILES string of the molecule is Nc1ccc(-n2cc(-c3cc(N)c(N)nc3-c3ccco3)ccc2=O)cc1. The first-order valence-corrected chi connectivity index (χ1v) is 8.22. The van der Waals surface area contributed by atoms with Crippen LogP contribution >= 0.6 is 0 Å². The predicted octanol–water partition coefficient (Wildman–Crippen LogP) is 2.91. The maximum atomic E-state index is 12.4. The van der Waals surface area contributed by atoms with Crippen molar-refractivity contribution in [3.05, 3.63) is 77.4 Å². The molecule has 134 valence electrons. The molecule has 0 amide bonds. The molecule has 0 saturated heterocycles. The topological polar surface area (TPSA) is 126 Å². The van der Waals surface area contributed by atoms with Crippen LogP contribution in [0.25, 0.3) is 28.3 Å². The first kappa shape index (κ1) is 16.5. The van der Waals surface area contributed by atoms with E-state index in [2.05, 4.69) is 4.98 Å². The summed E-state index contributed by atoms with van der Waals surface area (Å²) in [7, 11) is 0. The van der Waals surface area contributed by atoms with Crippen LogP contribution in [-0.2, 0) is 0 Å². The van der Waals surface area contributed by atoms with Gasteiger partial charge >= 0.3 is 0 Å². The zero-order chi connectivity index (χ0) is 19.0. The Morgan fingerprint density at radius 3 is 2.44 bits per heavy atom. The summed E-state index contributed by atoms with van der Waals surface area (Å²) in [5.41, 5.74) is 21.1. The molecule has 0 aliphatic carbocycles. The Kier molecular flexibility index (Phi) is 3.89. The molecule has 6 N–H and O–H groups in total. The van der Waals surface area contributed by atoms with Gasteiger partial charge in [-0.05, 0) is 48.5 Å². The second kappa shape index (κ2) is 6.38. The molecular formula is C20H17N5O2. The van der Waals surface area contributed by atoms with Gasteiger partial charge in [0.2, 0.25) is 0 Å². The van der Waals surface area contributed by atoms with Crippen molar-refractivity contribution in [2.24, 2.45) is 0 Å². The van der Waals surface area contributed by atoms with Crippen LogP contribution in [0.5, 0.6) is 0 Å². The number of anilines is 3. The molecule has 0 fully saturated rings. The van der Waals surface area contributed by atoms with Crippen LogP contribution in [0, 0.1) is 0 Å². The van der Waals surface area contributed by atoms with E-state index < -0.39 is 0 Å². The summed E-state index contributed by atoms with van der Waals surface area (Å²) in [6.45, 7) is 0. The Morgan fingerprint density at radius 1 is 0.963 bits per heavy atom. The molecule has 0 spiro atoms. The predicted molar refractivity (Wildman–Crippen MR) is 106 cm³/mol.